The smallest absolute Gasteiger partial charge is 0.183 e. The van der Waals surface area contributed by atoms with Crippen LogP contribution in [0, 0.1) is 0 Å². The van der Waals surface area contributed by atoms with Crippen LogP contribution in [0.25, 0.3) is 11.1 Å². The maximum atomic E-state index is 5.96. The van der Waals surface area contributed by atoms with Crippen molar-refractivity contribution >= 4 is 0 Å². The van der Waals surface area contributed by atoms with E-state index in [4.69, 9.17) is 33.2 Å². The third kappa shape index (κ3) is 5.47. The Morgan fingerprint density at radius 3 is 1.59 bits per heavy atom. The number of fused-ring (bicyclic) bond motifs is 3. The van der Waals surface area contributed by atoms with E-state index in [0.717, 1.165) is 11.5 Å². The SMILES string of the molecule is c1ccc2c(c1)-c1ccccc1C2(c1ccc(OCCOCO[C@H]2CO2)cc1)c1ccc(OCCO[C@@H]2CO2)cc1. The van der Waals surface area contributed by atoms with Crippen LogP contribution in [0.4, 0.5) is 0 Å². The van der Waals surface area contributed by atoms with E-state index < -0.39 is 5.41 Å². The summed E-state index contributed by atoms with van der Waals surface area (Å²) in [6.45, 7) is 3.38. The van der Waals surface area contributed by atoms with E-state index in [-0.39, 0.29) is 19.4 Å². The maximum absolute atomic E-state index is 5.96. The molecule has 7 heteroatoms. The van der Waals surface area contributed by atoms with Crippen LogP contribution in [0.3, 0.4) is 0 Å². The van der Waals surface area contributed by atoms with Gasteiger partial charge in [0.25, 0.3) is 0 Å². The molecule has 3 aliphatic rings. The van der Waals surface area contributed by atoms with Crippen LogP contribution in [0.1, 0.15) is 22.3 Å². The van der Waals surface area contributed by atoms with Crippen LogP contribution in [0.2, 0.25) is 0 Å². The summed E-state index contributed by atoms with van der Waals surface area (Å²) in [4.78, 5) is 0. The molecule has 2 aliphatic heterocycles. The third-order valence-electron chi connectivity index (χ3n) is 7.62. The average molecular weight is 553 g/mol. The molecule has 2 saturated heterocycles. The number of ether oxygens (including phenoxy) is 7. The van der Waals surface area contributed by atoms with Crippen molar-refractivity contribution in [2.45, 2.75) is 18.0 Å². The molecule has 0 bridgehead atoms. The first-order valence-corrected chi connectivity index (χ1v) is 14.0. The second-order valence-corrected chi connectivity index (χ2v) is 10.2. The highest BCUT2D eigenvalue weighted by molar-refractivity contribution is 5.86. The summed E-state index contributed by atoms with van der Waals surface area (Å²) >= 11 is 0. The fourth-order valence-electron chi connectivity index (χ4n) is 5.64. The molecule has 7 rings (SSSR count). The minimum Gasteiger partial charge on any atom is -0.491 e. The normalized spacial score (nSPS) is 19.3. The molecule has 0 aromatic heterocycles. The number of rotatable bonds is 14. The van der Waals surface area contributed by atoms with E-state index in [9.17, 15) is 0 Å². The van der Waals surface area contributed by atoms with Gasteiger partial charge in [0, 0.05) is 0 Å². The van der Waals surface area contributed by atoms with Gasteiger partial charge in [-0.1, -0.05) is 72.8 Å². The van der Waals surface area contributed by atoms with Crippen LogP contribution in [0.5, 0.6) is 11.5 Å². The molecule has 0 N–H and O–H groups in total. The van der Waals surface area contributed by atoms with Gasteiger partial charge in [-0.15, -0.1) is 0 Å². The molecule has 4 aromatic carbocycles. The van der Waals surface area contributed by atoms with Crippen LogP contribution in [0.15, 0.2) is 97.1 Å². The van der Waals surface area contributed by atoms with Gasteiger partial charge in [0.1, 0.15) is 44.7 Å². The van der Waals surface area contributed by atoms with Gasteiger partial charge in [0.05, 0.1) is 18.6 Å². The lowest BCUT2D eigenvalue weighted by Crippen LogP contribution is -2.28. The van der Waals surface area contributed by atoms with Crippen molar-refractivity contribution in [2.24, 2.45) is 0 Å². The molecule has 2 fully saturated rings. The molecule has 0 spiro atoms. The van der Waals surface area contributed by atoms with Gasteiger partial charge in [-0.3, -0.25) is 0 Å². The van der Waals surface area contributed by atoms with Gasteiger partial charge in [0.15, 0.2) is 12.6 Å². The van der Waals surface area contributed by atoms with Crippen LogP contribution >= 0.6 is 0 Å². The van der Waals surface area contributed by atoms with E-state index in [1.165, 1.54) is 33.4 Å². The minimum atomic E-state index is -0.484. The van der Waals surface area contributed by atoms with Crippen molar-refractivity contribution < 1.29 is 33.2 Å². The first-order valence-electron chi connectivity index (χ1n) is 14.0. The van der Waals surface area contributed by atoms with Gasteiger partial charge in [-0.25, -0.2) is 0 Å². The highest BCUT2D eigenvalue weighted by atomic mass is 16.8. The number of epoxide rings is 2. The predicted octanol–water partition coefficient (Wildman–Crippen LogP) is 5.53. The Hall–Kier alpha value is -3.72. The molecular formula is C34H32O7. The fraction of sp³-hybridized carbons (Fsp3) is 0.294. The molecule has 210 valence electrons. The molecule has 0 unspecified atom stereocenters. The van der Waals surface area contributed by atoms with Crippen LogP contribution < -0.4 is 9.47 Å². The Morgan fingerprint density at radius 2 is 1.05 bits per heavy atom. The van der Waals surface area contributed by atoms with E-state index in [2.05, 4.69) is 72.8 Å². The molecule has 2 atom stereocenters. The van der Waals surface area contributed by atoms with Gasteiger partial charge >= 0.3 is 0 Å². The summed E-state index contributed by atoms with van der Waals surface area (Å²) in [6.07, 6.45) is -0.164. The van der Waals surface area contributed by atoms with E-state index >= 15 is 0 Å². The summed E-state index contributed by atoms with van der Waals surface area (Å²) in [5, 5.41) is 0. The molecule has 0 amide bonds. The zero-order valence-electron chi connectivity index (χ0n) is 22.7. The third-order valence-corrected chi connectivity index (χ3v) is 7.62. The topological polar surface area (TPSA) is 71.2 Å². The van der Waals surface area contributed by atoms with Crippen LogP contribution in [-0.2, 0) is 29.1 Å². The van der Waals surface area contributed by atoms with Gasteiger partial charge < -0.3 is 33.2 Å². The Labute approximate surface area is 239 Å². The molecule has 2 heterocycles. The van der Waals surface area contributed by atoms with Crippen molar-refractivity contribution in [3.63, 3.8) is 0 Å². The molecular weight excluding hydrogens is 520 g/mol. The second kappa shape index (κ2) is 11.6. The lowest BCUT2D eigenvalue weighted by Gasteiger charge is -2.34. The van der Waals surface area contributed by atoms with Crippen LogP contribution in [-0.4, -0.2) is 59.0 Å². The van der Waals surface area contributed by atoms with Gasteiger partial charge in [0.2, 0.25) is 0 Å². The number of hydrogen-bond acceptors (Lipinski definition) is 7. The molecule has 4 aromatic rings. The van der Waals surface area contributed by atoms with Crippen molar-refractivity contribution in [3.8, 4) is 22.6 Å². The summed E-state index contributed by atoms with van der Waals surface area (Å²) in [6, 6.07) is 34.2. The molecule has 0 radical (unpaired) electrons. The Morgan fingerprint density at radius 1 is 0.561 bits per heavy atom. The fourth-order valence-corrected chi connectivity index (χ4v) is 5.64. The summed E-state index contributed by atoms with van der Waals surface area (Å²) < 4.78 is 38.3. The van der Waals surface area contributed by atoms with Crippen molar-refractivity contribution in [3.05, 3.63) is 119 Å². The average Bonchev–Trinajstić information content (AvgIpc) is 3.97. The van der Waals surface area contributed by atoms with Crippen molar-refractivity contribution in [2.75, 3.05) is 46.4 Å². The highest BCUT2D eigenvalue weighted by Gasteiger charge is 2.45. The lowest BCUT2D eigenvalue weighted by atomic mass is 9.68. The Kier molecular flexibility index (Phi) is 7.44. The molecule has 41 heavy (non-hydrogen) atoms. The number of hydrogen-bond donors (Lipinski definition) is 0. The summed E-state index contributed by atoms with van der Waals surface area (Å²) in [5.41, 5.74) is 6.87. The minimum absolute atomic E-state index is 0.0597. The highest BCUT2D eigenvalue weighted by Crippen LogP contribution is 2.56. The molecule has 1 aliphatic carbocycles. The predicted molar refractivity (Wildman–Crippen MR) is 152 cm³/mol. The molecule has 7 nitrogen and oxygen atoms in total. The first-order chi connectivity index (χ1) is 20.3. The lowest BCUT2D eigenvalue weighted by molar-refractivity contribution is -0.0912. The largest absolute Gasteiger partial charge is 0.491 e. The maximum Gasteiger partial charge on any atom is 0.183 e. The van der Waals surface area contributed by atoms with Gasteiger partial charge in [-0.2, -0.15) is 0 Å². The zero-order valence-corrected chi connectivity index (χ0v) is 22.7. The van der Waals surface area contributed by atoms with Crippen molar-refractivity contribution in [1.29, 1.82) is 0 Å². The zero-order chi connectivity index (χ0) is 27.5. The second-order valence-electron chi connectivity index (χ2n) is 10.2. The van der Waals surface area contributed by atoms with E-state index in [0.29, 0.717) is 39.6 Å². The summed E-state index contributed by atoms with van der Waals surface area (Å²) in [7, 11) is 0. The molecule has 0 saturated carbocycles. The van der Waals surface area contributed by atoms with Gasteiger partial charge in [-0.05, 0) is 57.6 Å². The Bertz CT molecular complexity index is 1410. The van der Waals surface area contributed by atoms with Crippen molar-refractivity contribution in [1.82, 2.24) is 0 Å². The first kappa shape index (κ1) is 26.2. The standard InChI is InChI=1S/C34H32O7/c1-3-7-30-28(5-1)29-6-2-4-8-31(29)34(30,25-11-15-27(16-12-25)37-19-20-38-32-21-39-32)24-9-13-26(14-10-24)36-18-17-35-23-41-33-22-40-33/h1-16,32-33H,17-23H2/t32-,33-/m0/s1. The van der Waals surface area contributed by atoms with E-state index in [1.54, 1.807) is 0 Å². The monoisotopic (exact) mass is 552 g/mol. The summed E-state index contributed by atoms with van der Waals surface area (Å²) in [5.74, 6) is 1.60. The Balaban J connectivity index is 1.16. The quantitative estimate of drug-likeness (QED) is 0.102. The number of benzene rings is 4. The van der Waals surface area contributed by atoms with E-state index in [1.807, 2.05) is 24.3 Å².